The van der Waals surface area contributed by atoms with E-state index in [0.29, 0.717) is 0 Å². The number of aromatic nitrogens is 3. The first kappa shape index (κ1) is 31.9. The van der Waals surface area contributed by atoms with E-state index in [1.807, 2.05) is 60.7 Å². The number of furan rings is 1. The van der Waals surface area contributed by atoms with Crippen LogP contribution < -0.4 is 0 Å². The molecule has 0 N–H and O–H groups in total. The molecule has 8 rings (SSSR count). The van der Waals surface area contributed by atoms with Gasteiger partial charge < -0.3 is 14.0 Å². The van der Waals surface area contributed by atoms with Crippen LogP contribution >= 0.6 is 0 Å². The summed E-state index contributed by atoms with van der Waals surface area (Å²) in [5.41, 5.74) is 10.4. The fourth-order valence-corrected chi connectivity index (χ4v) is 5.57. The molecule has 0 aliphatic carbocycles. The van der Waals surface area contributed by atoms with Crippen molar-refractivity contribution in [2.24, 2.45) is 0 Å². The number of hydrogen-bond acceptors (Lipinski definition) is 3. The second-order valence-corrected chi connectivity index (χ2v) is 12.2. The summed E-state index contributed by atoms with van der Waals surface area (Å²) in [6, 6.07) is 50.5. The molecule has 47 heavy (non-hydrogen) atoms. The number of pyridine rings is 1. The van der Waals surface area contributed by atoms with E-state index >= 15 is 0 Å². The fourth-order valence-electron chi connectivity index (χ4n) is 5.57. The van der Waals surface area contributed by atoms with E-state index in [4.69, 9.17) is 9.40 Å². The van der Waals surface area contributed by atoms with Gasteiger partial charge in [0.25, 0.3) is 0 Å². The minimum atomic E-state index is 0. The van der Waals surface area contributed by atoms with Crippen LogP contribution in [0.2, 0.25) is 0 Å². The van der Waals surface area contributed by atoms with Gasteiger partial charge in [-0.25, -0.2) is 0 Å². The molecule has 0 fully saturated rings. The molecule has 0 aliphatic rings. The molecule has 4 nitrogen and oxygen atoms in total. The molecule has 0 atom stereocenters. The summed E-state index contributed by atoms with van der Waals surface area (Å²) in [6.07, 6.45) is 4.95. The van der Waals surface area contributed by atoms with E-state index < -0.39 is 0 Å². The number of benzene rings is 5. The van der Waals surface area contributed by atoms with Gasteiger partial charge in [-0.05, 0) is 58.1 Å². The maximum Gasteiger partial charge on any atom is 0.0774 e. The zero-order valence-corrected chi connectivity index (χ0v) is 28.8. The number of nitrogens with zero attached hydrogens (tertiary/aromatic N) is 3. The van der Waals surface area contributed by atoms with Gasteiger partial charge in [-0.2, -0.15) is 0 Å². The first-order valence-corrected chi connectivity index (χ1v) is 15.4. The summed E-state index contributed by atoms with van der Waals surface area (Å²) in [7, 11) is 0. The Kier molecular flexibility index (Phi) is 9.31. The predicted molar refractivity (Wildman–Crippen MR) is 188 cm³/mol. The Hall–Kier alpha value is -5.09. The third kappa shape index (κ3) is 6.73. The topological polar surface area (TPSA) is 43.9 Å². The Morgan fingerprint density at radius 3 is 2.15 bits per heavy atom. The zero-order valence-electron chi connectivity index (χ0n) is 26.4. The van der Waals surface area contributed by atoms with Gasteiger partial charge >= 0.3 is 0 Å². The standard InChI is InChI=1S/C31H25N2O.C11H8N.Ir/c1-31(2,3)23-15-18-25-26(20-34-29(25)19-23)30-32-27-11-7-8-12-28(27)33(30)24-16-13-22(14-17-24)21-9-5-4-6-10-21;1-2-6-10(7-3-1)11-8-4-5-9-12-11;/h4-19H,1-3H3;1-6,8-9H;/q2*-1;. The summed E-state index contributed by atoms with van der Waals surface area (Å²) in [6.45, 7) is 6.63. The molecule has 0 saturated heterocycles. The van der Waals surface area contributed by atoms with Gasteiger partial charge in [0.15, 0.2) is 0 Å². The minimum absolute atomic E-state index is 0. The Balaban J connectivity index is 0.000000250. The summed E-state index contributed by atoms with van der Waals surface area (Å²) in [5.74, 6) is 0.830. The molecule has 0 amide bonds. The van der Waals surface area contributed by atoms with Crippen LogP contribution in [0.5, 0.6) is 0 Å². The van der Waals surface area contributed by atoms with Crippen molar-refractivity contribution in [3.8, 4) is 39.5 Å². The summed E-state index contributed by atoms with van der Waals surface area (Å²) >= 11 is 0. The van der Waals surface area contributed by atoms with Gasteiger partial charge in [0.05, 0.1) is 16.9 Å². The maximum absolute atomic E-state index is 5.92. The van der Waals surface area contributed by atoms with Gasteiger partial charge in [0, 0.05) is 43.8 Å². The molecule has 5 heteroatoms. The number of imidazole rings is 1. The monoisotopic (exact) mass is 788 g/mol. The van der Waals surface area contributed by atoms with Crippen LogP contribution in [0.25, 0.3) is 61.5 Å². The van der Waals surface area contributed by atoms with E-state index in [1.54, 1.807) is 6.20 Å². The van der Waals surface area contributed by atoms with Crippen molar-refractivity contribution in [1.82, 2.24) is 14.5 Å². The quantitative estimate of drug-likeness (QED) is 0.167. The Morgan fingerprint density at radius 1 is 0.702 bits per heavy atom. The maximum atomic E-state index is 5.92. The van der Waals surface area contributed by atoms with Gasteiger partial charge in [0.2, 0.25) is 0 Å². The molecular formula is C42H33IrN3O-2. The summed E-state index contributed by atoms with van der Waals surface area (Å²) in [5, 5.41) is 1.02. The SMILES string of the molecule is CC(C)(C)c1ccc2c(-c3nc4ccccc4n3-c3ccc(-c4ccccc4)cc3)[c-]oc2c1.[Ir].[c-]1ccccc1-c1ccccn1. The molecule has 0 bridgehead atoms. The average molecular weight is 788 g/mol. The number of fused-ring (bicyclic) bond motifs is 2. The summed E-state index contributed by atoms with van der Waals surface area (Å²) < 4.78 is 8.12. The third-order valence-corrected chi connectivity index (χ3v) is 8.05. The van der Waals surface area contributed by atoms with Crippen molar-refractivity contribution in [3.05, 3.63) is 164 Å². The van der Waals surface area contributed by atoms with Crippen LogP contribution in [0.4, 0.5) is 0 Å². The minimum Gasteiger partial charge on any atom is -0.557 e. The molecule has 1 radical (unpaired) electrons. The molecule has 0 aliphatic heterocycles. The molecule has 0 unspecified atom stereocenters. The van der Waals surface area contributed by atoms with E-state index in [9.17, 15) is 0 Å². The van der Waals surface area contributed by atoms with Crippen LogP contribution in [0, 0.1) is 12.3 Å². The van der Waals surface area contributed by atoms with E-state index in [1.165, 1.54) is 16.7 Å². The van der Waals surface area contributed by atoms with Gasteiger partial charge in [-0.3, -0.25) is 4.98 Å². The fraction of sp³-hybridized carbons (Fsp3) is 0.0952. The Labute approximate surface area is 289 Å². The van der Waals surface area contributed by atoms with Crippen LogP contribution in [-0.2, 0) is 25.5 Å². The van der Waals surface area contributed by atoms with Crippen molar-refractivity contribution >= 4 is 22.0 Å². The Bertz CT molecular complexity index is 2180. The zero-order chi connectivity index (χ0) is 31.5. The molecule has 0 saturated carbocycles. The van der Waals surface area contributed by atoms with Crippen molar-refractivity contribution < 1.29 is 24.5 Å². The largest absolute Gasteiger partial charge is 0.557 e. The van der Waals surface area contributed by atoms with Crippen LogP contribution in [0.1, 0.15) is 26.3 Å². The van der Waals surface area contributed by atoms with Gasteiger partial charge in [-0.1, -0.05) is 111 Å². The molecule has 3 heterocycles. The molecule has 0 spiro atoms. The number of rotatable bonds is 4. The van der Waals surface area contributed by atoms with Gasteiger partial charge in [-0.15, -0.1) is 42.0 Å². The van der Waals surface area contributed by atoms with Crippen molar-refractivity contribution in [1.29, 1.82) is 0 Å². The van der Waals surface area contributed by atoms with Crippen molar-refractivity contribution in [2.75, 3.05) is 0 Å². The van der Waals surface area contributed by atoms with Crippen LogP contribution in [0.15, 0.2) is 150 Å². The normalized spacial score (nSPS) is 11.1. The first-order valence-electron chi connectivity index (χ1n) is 15.4. The van der Waals surface area contributed by atoms with E-state index in [0.717, 1.165) is 50.3 Å². The second-order valence-electron chi connectivity index (χ2n) is 12.2. The average Bonchev–Trinajstić information content (AvgIpc) is 3.71. The number of para-hydroxylation sites is 2. The summed E-state index contributed by atoms with van der Waals surface area (Å²) in [4.78, 5) is 9.22. The van der Waals surface area contributed by atoms with Crippen LogP contribution in [0.3, 0.4) is 0 Å². The molecule has 8 aromatic rings. The number of hydrogen-bond donors (Lipinski definition) is 0. The van der Waals surface area contributed by atoms with Crippen molar-refractivity contribution in [3.63, 3.8) is 0 Å². The molecular weight excluding hydrogens is 755 g/mol. The van der Waals surface area contributed by atoms with Gasteiger partial charge in [0.1, 0.15) is 0 Å². The first-order chi connectivity index (χ1) is 22.5. The third-order valence-electron chi connectivity index (χ3n) is 8.05. The second kappa shape index (κ2) is 13.7. The predicted octanol–water partition coefficient (Wildman–Crippen LogP) is 10.7. The van der Waals surface area contributed by atoms with E-state index in [2.05, 4.69) is 122 Å². The van der Waals surface area contributed by atoms with Crippen LogP contribution in [-0.4, -0.2) is 14.5 Å². The Morgan fingerprint density at radius 2 is 1.43 bits per heavy atom. The van der Waals surface area contributed by atoms with Crippen molar-refractivity contribution in [2.45, 2.75) is 26.2 Å². The molecule has 5 aromatic carbocycles. The molecule has 233 valence electrons. The van der Waals surface area contributed by atoms with E-state index in [-0.39, 0.29) is 25.5 Å². The smallest absolute Gasteiger partial charge is 0.0774 e. The molecule has 3 aromatic heterocycles.